The number of benzene rings is 1. The standard InChI is InChI=1S/C20H24N4O/c1-12(2)16-7-6-8-17(18(16)13(3)4)20(25)23-15-9-14-10-22-24(5)19(14)21-11-15/h6-13H,1-5H3,(H,23,25). The third kappa shape index (κ3) is 3.27. The van der Waals surface area contributed by atoms with Crippen LogP contribution >= 0.6 is 0 Å². The topological polar surface area (TPSA) is 59.8 Å². The smallest absolute Gasteiger partial charge is 0.256 e. The molecule has 0 spiro atoms. The van der Waals surface area contributed by atoms with Crippen molar-refractivity contribution >= 4 is 22.6 Å². The van der Waals surface area contributed by atoms with Crippen LogP contribution in [0.2, 0.25) is 0 Å². The minimum Gasteiger partial charge on any atom is -0.321 e. The molecule has 0 aliphatic carbocycles. The number of pyridine rings is 1. The zero-order valence-corrected chi connectivity index (χ0v) is 15.4. The Bertz CT molecular complexity index is 925. The van der Waals surface area contributed by atoms with Crippen molar-refractivity contribution < 1.29 is 4.79 Å². The Hall–Kier alpha value is -2.69. The molecule has 1 aromatic carbocycles. The molecule has 1 amide bonds. The SMILES string of the molecule is CC(C)c1cccc(C(=O)Nc2cnc3c(cnn3C)c2)c1C(C)C. The number of nitrogens with zero attached hydrogens (tertiary/aromatic N) is 3. The van der Waals surface area contributed by atoms with Crippen molar-refractivity contribution in [1.82, 2.24) is 14.8 Å². The number of rotatable bonds is 4. The van der Waals surface area contributed by atoms with Crippen LogP contribution in [0.25, 0.3) is 11.0 Å². The minimum absolute atomic E-state index is 0.101. The zero-order valence-electron chi connectivity index (χ0n) is 15.4. The number of anilines is 1. The van der Waals surface area contributed by atoms with E-state index in [1.807, 2.05) is 25.2 Å². The molecule has 130 valence electrons. The van der Waals surface area contributed by atoms with E-state index in [2.05, 4.69) is 49.2 Å². The number of nitrogens with one attached hydrogen (secondary N) is 1. The molecular formula is C20H24N4O. The van der Waals surface area contributed by atoms with Gasteiger partial charge in [0.15, 0.2) is 5.65 Å². The maximum atomic E-state index is 12.9. The van der Waals surface area contributed by atoms with Gasteiger partial charge in [0.05, 0.1) is 18.1 Å². The van der Waals surface area contributed by atoms with E-state index in [-0.39, 0.29) is 11.8 Å². The first-order valence-corrected chi connectivity index (χ1v) is 8.60. The number of aromatic nitrogens is 3. The molecule has 25 heavy (non-hydrogen) atoms. The van der Waals surface area contributed by atoms with Gasteiger partial charge >= 0.3 is 0 Å². The highest BCUT2D eigenvalue weighted by Gasteiger charge is 2.19. The number of hydrogen-bond acceptors (Lipinski definition) is 3. The van der Waals surface area contributed by atoms with Gasteiger partial charge in [-0.2, -0.15) is 5.10 Å². The van der Waals surface area contributed by atoms with Gasteiger partial charge in [0.25, 0.3) is 5.91 Å². The molecule has 3 rings (SSSR count). The van der Waals surface area contributed by atoms with E-state index in [4.69, 9.17) is 0 Å². The van der Waals surface area contributed by atoms with Crippen molar-refractivity contribution in [1.29, 1.82) is 0 Å². The maximum absolute atomic E-state index is 12.9. The van der Waals surface area contributed by atoms with E-state index in [9.17, 15) is 4.79 Å². The highest BCUT2D eigenvalue weighted by molar-refractivity contribution is 6.06. The number of hydrogen-bond donors (Lipinski definition) is 1. The summed E-state index contributed by atoms with van der Waals surface area (Å²) < 4.78 is 1.71. The van der Waals surface area contributed by atoms with Crippen LogP contribution in [0, 0.1) is 0 Å². The molecule has 0 saturated carbocycles. The number of amides is 1. The first-order chi connectivity index (χ1) is 11.9. The Morgan fingerprint density at radius 1 is 1.12 bits per heavy atom. The lowest BCUT2D eigenvalue weighted by atomic mass is 9.86. The molecule has 0 radical (unpaired) electrons. The van der Waals surface area contributed by atoms with Gasteiger partial charge < -0.3 is 5.32 Å². The second kappa shape index (κ2) is 6.67. The third-order valence-corrected chi connectivity index (χ3v) is 4.41. The fourth-order valence-corrected chi connectivity index (χ4v) is 3.24. The number of carbonyl (C=O) groups excluding carboxylic acids is 1. The molecule has 1 N–H and O–H groups in total. The lowest BCUT2D eigenvalue weighted by molar-refractivity contribution is 0.102. The lowest BCUT2D eigenvalue weighted by Crippen LogP contribution is -2.16. The lowest BCUT2D eigenvalue weighted by Gasteiger charge is -2.19. The van der Waals surface area contributed by atoms with Crippen LogP contribution in [0.1, 0.15) is 61.0 Å². The van der Waals surface area contributed by atoms with Crippen LogP contribution in [-0.2, 0) is 7.05 Å². The molecule has 0 fully saturated rings. The van der Waals surface area contributed by atoms with Crippen LogP contribution < -0.4 is 5.32 Å². The first-order valence-electron chi connectivity index (χ1n) is 8.60. The maximum Gasteiger partial charge on any atom is 0.256 e. The van der Waals surface area contributed by atoms with Crippen molar-refractivity contribution in [3.8, 4) is 0 Å². The fraction of sp³-hybridized carbons (Fsp3) is 0.350. The van der Waals surface area contributed by atoms with Crippen molar-refractivity contribution in [3.63, 3.8) is 0 Å². The van der Waals surface area contributed by atoms with Crippen LogP contribution in [0.3, 0.4) is 0 Å². The van der Waals surface area contributed by atoms with E-state index in [1.165, 1.54) is 5.56 Å². The second-order valence-corrected chi connectivity index (χ2v) is 6.98. The predicted octanol–water partition coefficient (Wildman–Crippen LogP) is 4.47. The van der Waals surface area contributed by atoms with E-state index in [1.54, 1.807) is 17.1 Å². The van der Waals surface area contributed by atoms with Crippen LogP contribution in [0.4, 0.5) is 5.69 Å². The summed E-state index contributed by atoms with van der Waals surface area (Å²) in [4.78, 5) is 17.3. The van der Waals surface area contributed by atoms with Gasteiger partial charge in [0.1, 0.15) is 0 Å². The normalized spacial score (nSPS) is 11.5. The van der Waals surface area contributed by atoms with Crippen molar-refractivity contribution in [3.05, 3.63) is 53.3 Å². The second-order valence-electron chi connectivity index (χ2n) is 6.98. The van der Waals surface area contributed by atoms with Crippen molar-refractivity contribution in [2.45, 2.75) is 39.5 Å². The molecule has 0 unspecified atom stereocenters. The number of fused-ring (bicyclic) bond motifs is 1. The highest BCUT2D eigenvalue weighted by Crippen LogP contribution is 2.30. The molecule has 5 heteroatoms. The monoisotopic (exact) mass is 336 g/mol. The molecule has 0 aliphatic rings. The third-order valence-electron chi connectivity index (χ3n) is 4.41. The van der Waals surface area contributed by atoms with Crippen LogP contribution in [-0.4, -0.2) is 20.7 Å². The Morgan fingerprint density at radius 2 is 1.88 bits per heavy atom. The van der Waals surface area contributed by atoms with Gasteiger partial charge in [0.2, 0.25) is 0 Å². The average Bonchev–Trinajstić information content (AvgIpc) is 2.94. The van der Waals surface area contributed by atoms with Gasteiger partial charge in [-0.3, -0.25) is 9.48 Å². The summed E-state index contributed by atoms with van der Waals surface area (Å²) in [5, 5.41) is 8.07. The minimum atomic E-state index is -0.101. The molecule has 2 aromatic heterocycles. The molecule has 0 aliphatic heterocycles. The van der Waals surface area contributed by atoms with Gasteiger partial charge in [0, 0.05) is 18.0 Å². The molecule has 2 heterocycles. The summed E-state index contributed by atoms with van der Waals surface area (Å²) in [6, 6.07) is 7.86. The Morgan fingerprint density at radius 3 is 2.56 bits per heavy atom. The quantitative estimate of drug-likeness (QED) is 0.765. The highest BCUT2D eigenvalue weighted by atomic mass is 16.1. The Kier molecular flexibility index (Phi) is 4.57. The van der Waals surface area contributed by atoms with Crippen molar-refractivity contribution in [2.75, 3.05) is 5.32 Å². The summed E-state index contributed by atoms with van der Waals surface area (Å²) in [6.45, 7) is 8.56. The largest absolute Gasteiger partial charge is 0.321 e. The van der Waals surface area contributed by atoms with Gasteiger partial charge in [-0.05, 0) is 35.1 Å². The molecule has 0 bridgehead atoms. The Labute approximate surface area is 148 Å². The molecule has 3 aromatic rings. The molecule has 0 saturated heterocycles. The van der Waals surface area contributed by atoms with Gasteiger partial charge in [-0.15, -0.1) is 0 Å². The van der Waals surface area contributed by atoms with Crippen LogP contribution in [0.5, 0.6) is 0 Å². The number of aryl methyl sites for hydroxylation is 1. The van der Waals surface area contributed by atoms with E-state index in [0.29, 0.717) is 11.6 Å². The van der Waals surface area contributed by atoms with Gasteiger partial charge in [-0.25, -0.2) is 4.98 Å². The summed E-state index contributed by atoms with van der Waals surface area (Å²) in [7, 11) is 1.85. The summed E-state index contributed by atoms with van der Waals surface area (Å²) in [5.74, 6) is 0.549. The molecule has 5 nitrogen and oxygen atoms in total. The summed E-state index contributed by atoms with van der Waals surface area (Å²) in [5.41, 5.74) is 4.54. The molecular weight excluding hydrogens is 312 g/mol. The van der Waals surface area contributed by atoms with E-state index >= 15 is 0 Å². The zero-order chi connectivity index (χ0) is 18.1. The van der Waals surface area contributed by atoms with E-state index < -0.39 is 0 Å². The van der Waals surface area contributed by atoms with Crippen molar-refractivity contribution in [2.24, 2.45) is 7.05 Å². The summed E-state index contributed by atoms with van der Waals surface area (Å²) >= 11 is 0. The van der Waals surface area contributed by atoms with Crippen LogP contribution in [0.15, 0.2) is 36.7 Å². The molecule has 0 atom stereocenters. The summed E-state index contributed by atoms with van der Waals surface area (Å²) in [6.07, 6.45) is 3.42. The fourth-order valence-electron chi connectivity index (χ4n) is 3.24. The predicted molar refractivity (Wildman–Crippen MR) is 101 cm³/mol. The number of carbonyl (C=O) groups is 1. The average molecular weight is 336 g/mol. The first kappa shape index (κ1) is 17.1. The van der Waals surface area contributed by atoms with Gasteiger partial charge in [-0.1, -0.05) is 39.8 Å². The Balaban J connectivity index is 1.96. The van der Waals surface area contributed by atoms with E-state index in [0.717, 1.165) is 22.2 Å².